The van der Waals surface area contributed by atoms with Crippen LogP contribution in [-0.4, -0.2) is 14.5 Å². The van der Waals surface area contributed by atoms with E-state index >= 15 is 0 Å². The van der Waals surface area contributed by atoms with Crippen LogP contribution in [0.1, 0.15) is 57.0 Å². The normalized spacial score (nSPS) is 22.9. The zero-order valence-electron chi connectivity index (χ0n) is 12.8. The standard InChI is InChI=1S/C15H22N4OS/c1-8(2)10-4-6-11(7-5-10)14-17-15(20-18-14)12-9(3)19-21-13(12)16/h8,10-11H,4-7,16H2,1-3H3. The first kappa shape index (κ1) is 14.5. The molecule has 0 spiro atoms. The van der Waals surface area contributed by atoms with Crippen molar-refractivity contribution in [3.8, 4) is 11.5 Å². The number of hydrogen-bond donors (Lipinski definition) is 1. The van der Waals surface area contributed by atoms with Crippen molar-refractivity contribution in [3.63, 3.8) is 0 Å². The lowest BCUT2D eigenvalue weighted by Crippen LogP contribution is -2.18. The first-order valence-corrected chi connectivity index (χ1v) is 8.39. The highest BCUT2D eigenvalue weighted by atomic mass is 32.1. The number of rotatable bonds is 3. The number of hydrogen-bond acceptors (Lipinski definition) is 6. The Labute approximate surface area is 129 Å². The van der Waals surface area contributed by atoms with E-state index in [2.05, 4.69) is 28.4 Å². The zero-order chi connectivity index (χ0) is 15.0. The summed E-state index contributed by atoms with van der Waals surface area (Å²) < 4.78 is 9.66. The third kappa shape index (κ3) is 2.81. The molecule has 2 heterocycles. The van der Waals surface area contributed by atoms with Crippen LogP contribution in [0.2, 0.25) is 0 Å². The third-order valence-electron chi connectivity index (χ3n) is 4.62. The number of aryl methyl sites for hydroxylation is 1. The van der Waals surface area contributed by atoms with E-state index in [-0.39, 0.29) is 0 Å². The molecule has 1 aliphatic carbocycles. The van der Waals surface area contributed by atoms with Crippen molar-refractivity contribution in [1.29, 1.82) is 0 Å². The Hall–Kier alpha value is -1.43. The molecule has 0 radical (unpaired) electrons. The zero-order valence-corrected chi connectivity index (χ0v) is 13.6. The van der Waals surface area contributed by atoms with Gasteiger partial charge in [0.25, 0.3) is 5.89 Å². The van der Waals surface area contributed by atoms with Gasteiger partial charge in [-0.2, -0.15) is 9.36 Å². The van der Waals surface area contributed by atoms with Gasteiger partial charge in [-0.3, -0.25) is 0 Å². The Morgan fingerprint density at radius 1 is 1.24 bits per heavy atom. The van der Waals surface area contributed by atoms with Crippen molar-refractivity contribution < 1.29 is 4.52 Å². The van der Waals surface area contributed by atoms with Crippen molar-refractivity contribution in [2.75, 3.05) is 5.73 Å². The van der Waals surface area contributed by atoms with E-state index in [9.17, 15) is 0 Å². The van der Waals surface area contributed by atoms with Crippen LogP contribution in [0.25, 0.3) is 11.5 Å². The molecule has 2 N–H and O–H groups in total. The van der Waals surface area contributed by atoms with E-state index in [1.54, 1.807) is 0 Å². The Morgan fingerprint density at radius 3 is 2.52 bits per heavy atom. The van der Waals surface area contributed by atoms with E-state index in [1.807, 2.05) is 6.92 Å². The summed E-state index contributed by atoms with van der Waals surface area (Å²) in [6, 6.07) is 0. The number of nitrogens with zero attached hydrogens (tertiary/aromatic N) is 3. The minimum atomic E-state index is 0.422. The second-order valence-electron chi connectivity index (χ2n) is 6.32. The first-order valence-electron chi connectivity index (χ1n) is 7.62. The minimum Gasteiger partial charge on any atom is -0.389 e. The quantitative estimate of drug-likeness (QED) is 0.926. The highest BCUT2D eigenvalue weighted by Crippen LogP contribution is 2.39. The van der Waals surface area contributed by atoms with Gasteiger partial charge in [-0.15, -0.1) is 0 Å². The van der Waals surface area contributed by atoms with Crippen molar-refractivity contribution in [1.82, 2.24) is 14.5 Å². The lowest BCUT2D eigenvalue weighted by Gasteiger charge is -2.29. The van der Waals surface area contributed by atoms with Gasteiger partial charge in [0, 0.05) is 5.92 Å². The van der Waals surface area contributed by atoms with Crippen LogP contribution in [0, 0.1) is 18.8 Å². The van der Waals surface area contributed by atoms with Crippen molar-refractivity contribution in [2.24, 2.45) is 11.8 Å². The topological polar surface area (TPSA) is 77.8 Å². The molecule has 0 bridgehead atoms. The maximum atomic E-state index is 5.94. The lowest BCUT2D eigenvalue weighted by atomic mass is 9.77. The second kappa shape index (κ2) is 5.75. The first-order chi connectivity index (χ1) is 10.1. The number of anilines is 1. The third-order valence-corrected chi connectivity index (χ3v) is 5.39. The summed E-state index contributed by atoms with van der Waals surface area (Å²) >= 11 is 1.27. The molecule has 0 aromatic carbocycles. The molecule has 21 heavy (non-hydrogen) atoms. The molecule has 0 saturated heterocycles. The van der Waals surface area contributed by atoms with E-state index in [1.165, 1.54) is 24.4 Å². The van der Waals surface area contributed by atoms with Crippen LogP contribution < -0.4 is 5.73 Å². The van der Waals surface area contributed by atoms with Crippen LogP contribution in [0.15, 0.2) is 4.52 Å². The Bertz CT molecular complexity index is 591. The average molecular weight is 306 g/mol. The molecule has 1 saturated carbocycles. The predicted octanol–water partition coefficient (Wildman–Crippen LogP) is 4.01. The van der Waals surface area contributed by atoms with Crippen LogP contribution in [-0.2, 0) is 0 Å². The van der Waals surface area contributed by atoms with Gasteiger partial charge >= 0.3 is 0 Å². The summed E-state index contributed by atoms with van der Waals surface area (Å²) in [6.45, 7) is 6.54. The molecule has 6 heteroatoms. The van der Waals surface area contributed by atoms with Gasteiger partial charge in [-0.25, -0.2) is 0 Å². The van der Waals surface area contributed by atoms with Gasteiger partial charge in [0.15, 0.2) is 5.82 Å². The fraction of sp³-hybridized carbons (Fsp3) is 0.667. The van der Waals surface area contributed by atoms with Crippen LogP contribution in [0.3, 0.4) is 0 Å². The largest absolute Gasteiger partial charge is 0.389 e. The smallest absolute Gasteiger partial charge is 0.262 e. The van der Waals surface area contributed by atoms with Crippen LogP contribution in [0.5, 0.6) is 0 Å². The Balaban J connectivity index is 1.75. The van der Waals surface area contributed by atoms with Gasteiger partial charge < -0.3 is 10.3 Å². The molecular formula is C15H22N4OS. The van der Waals surface area contributed by atoms with E-state index < -0.39 is 0 Å². The Kier molecular flexibility index (Phi) is 3.97. The molecule has 1 fully saturated rings. The monoisotopic (exact) mass is 306 g/mol. The minimum absolute atomic E-state index is 0.422. The van der Waals surface area contributed by atoms with Gasteiger partial charge in [0.05, 0.1) is 11.3 Å². The molecule has 114 valence electrons. The van der Waals surface area contributed by atoms with Gasteiger partial charge in [-0.1, -0.05) is 19.0 Å². The predicted molar refractivity (Wildman–Crippen MR) is 84.1 cm³/mol. The highest BCUT2D eigenvalue weighted by Gasteiger charge is 2.28. The lowest BCUT2D eigenvalue weighted by molar-refractivity contribution is 0.252. The van der Waals surface area contributed by atoms with Gasteiger partial charge in [-0.05, 0) is 56.0 Å². The van der Waals surface area contributed by atoms with E-state index in [0.29, 0.717) is 16.8 Å². The maximum absolute atomic E-state index is 5.94. The molecule has 2 aromatic heterocycles. The summed E-state index contributed by atoms with van der Waals surface area (Å²) in [5.41, 5.74) is 7.60. The molecule has 5 nitrogen and oxygen atoms in total. The highest BCUT2D eigenvalue weighted by molar-refractivity contribution is 7.10. The fourth-order valence-corrected chi connectivity index (χ4v) is 3.85. The van der Waals surface area contributed by atoms with Crippen molar-refractivity contribution in [3.05, 3.63) is 11.5 Å². The SMILES string of the molecule is Cc1nsc(N)c1-c1nc(C2CCC(C(C)C)CC2)no1. The number of nitrogens with two attached hydrogens (primary N) is 1. The van der Waals surface area contributed by atoms with Crippen molar-refractivity contribution in [2.45, 2.75) is 52.4 Å². The molecule has 0 amide bonds. The van der Waals surface area contributed by atoms with E-state index in [0.717, 1.165) is 41.8 Å². The molecule has 2 aromatic rings. The fourth-order valence-electron chi connectivity index (χ4n) is 3.19. The van der Waals surface area contributed by atoms with Crippen LogP contribution >= 0.6 is 11.5 Å². The Morgan fingerprint density at radius 2 is 1.95 bits per heavy atom. The molecule has 0 unspecified atom stereocenters. The number of aromatic nitrogens is 3. The summed E-state index contributed by atoms with van der Waals surface area (Å²) in [5.74, 6) is 3.38. The molecular weight excluding hydrogens is 284 g/mol. The van der Waals surface area contributed by atoms with Gasteiger partial charge in [0.2, 0.25) is 0 Å². The molecule has 0 aliphatic heterocycles. The maximum Gasteiger partial charge on any atom is 0.262 e. The summed E-state index contributed by atoms with van der Waals surface area (Å²) in [6.07, 6.45) is 4.82. The number of nitrogen functional groups attached to an aromatic ring is 1. The second-order valence-corrected chi connectivity index (χ2v) is 7.13. The average Bonchev–Trinajstić information content (AvgIpc) is 3.06. The summed E-state index contributed by atoms with van der Waals surface area (Å²) in [7, 11) is 0. The van der Waals surface area contributed by atoms with Crippen LogP contribution in [0.4, 0.5) is 5.00 Å². The summed E-state index contributed by atoms with van der Waals surface area (Å²) in [5, 5.41) is 4.83. The van der Waals surface area contributed by atoms with Crippen molar-refractivity contribution >= 4 is 16.5 Å². The van der Waals surface area contributed by atoms with E-state index in [4.69, 9.17) is 10.3 Å². The summed E-state index contributed by atoms with van der Waals surface area (Å²) in [4.78, 5) is 4.58. The molecule has 3 rings (SSSR count). The molecule has 0 atom stereocenters. The van der Waals surface area contributed by atoms with Gasteiger partial charge in [0.1, 0.15) is 5.00 Å². The molecule has 1 aliphatic rings.